The molecule has 44 heavy (non-hydrogen) atoms. The maximum atomic E-state index is 15.6. The van der Waals surface area contributed by atoms with Gasteiger partial charge >= 0.3 is 6.80 Å². The van der Waals surface area contributed by atoms with Crippen molar-refractivity contribution in [3.05, 3.63) is 23.0 Å². The average molecular weight is 696 g/mol. The predicted molar refractivity (Wildman–Crippen MR) is 155 cm³/mol. The van der Waals surface area contributed by atoms with Crippen LogP contribution >= 0.6 is 38.5 Å². The number of halogens is 1. The molecular weight excluding hydrogens is 671 g/mol. The molecule has 0 bridgehead atoms. The number of aromatic nitrogens is 9. The molecule has 5 unspecified atom stereocenters. The lowest BCUT2D eigenvalue weighted by Gasteiger charge is -2.24. The Morgan fingerprint density at radius 3 is 2.77 bits per heavy atom. The highest BCUT2D eigenvalue weighted by molar-refractivity contribution is 8.44. The van der Waals surface area contributed by atoms with E-state index in [-0.39, 0.29) is 40.5 Å². The summed E-state index contributed by atoms with van der Waals surface area (Å²) in [6.45, 7) is -5.32. The summed E-state index contributed by atoms with van der Waals surface area (Å²) in [6, 6.07) is 0. The highest BCUT2D eigenvalue weighted by Crippen LogP contribution is 2.57. The van der Waals surface area contributed by atoms with Crippen LogP contribution in [-0.4, -0.2) is 93.4 Å². The van der Waals surface area contributed by atoms with Crippen molar-refractivity contribution in [2.45, 2.75) is 49.5 Å². The number of ether oxygens (including phenoxy) is 2. The van der Waals surface area contributed by atoms with E-state index in [2.05, 4.69) is 59.7 Å². The molecule has 6 heterocycles. The minimum absolute atomic E-state index is 0.00304. The number of nitrogens with one attached hydrogen (secondary N) is 1. The Kier molecular flexibility index (Phi) is 8.69. The molecule has 0 spiro atoms. The number of nitrogen functional groups attached to an aromatic ring is 2. The van der Waals surface area contributed by atoms with E-state index in [0.717, 1.165) is 11.0 Å². The number of nitrogens with two attached hydrogens (primary N) is 2. The lowest BCUT2D eigenvalue weighted by atomic mass is 10.1. The SMILES string of the molecule is Nc1nc2c(ncn2[C@@H]2O[C@H](CO)CC2OP(=O)(S)OC[C@H]2O[C@@H](n3nnc4c(N)ncnc43)C(F)C2O[PH](=O)S)c(=O)[nH]1. The monoisotopic (exact) mass is 695 g/mol. The van der Waals surface area contributed by atoms with Gasteiger partial charge in [0.05, 0.1) is 25.6 Å². The molecule has 2 fully saturated rings. The summed E-state index contributed by atoms with van der Waals surface area (Å²) in [6.07, 6.45) is -6.79. The van der Waals surface area contributed by atoms with Gasteiger partial charge in [-0.1, -0.05) is 29.7 Å². The van der Waals surface area contributed by atoms with E-state index in [1.807, 2.05) is 0 Å². The van der Waals surface area contributed by atoms with Crippen LogP contribution in [0.25, 0.3) is 22.3 Å². The molecule has 4 aromatic heterocycles. The number of fused-ring (bicyclic) bond motifs is 2. The van der Waals surface area contributed by atoms with Gasteiger partial charge in [-0.05, 0) is 0 Å². The second-order valence-corrected chi connectivity index (χ2v) is 14.3. The molecule has 2 aliphatic rings. The van der Waals surface area contributed by atoms with Gasteiger partial charge in [-0.25, -0.2) is 23.9 Å². The van der Waals surface area contributed by atoms with Crippen LogP contribution in [0.2, 0.25) is 0 Å². The standard InChI is InChI=1S/C19H24FN11O9P2S2/c20-9-12(39-41(34)43)8(38-18(9)31-14-10(28-29-31)13(21)23-4-24-14)3-36-42(35,44)40-7-1-6(2-32)37-17(7)30-5-25-11-15(30)26-19(22)27-16(11)33/h4-9,12,17-18,32,41H,1-3H2,(H,34,43)(H,35,44)(H2,21,23,24)(H3,22,26,27,33)/t6-,7?,8+,9?,12?,17+,18+,42?/m0/s1. The second kappa shape index (κ2) is 12.2. The van der Waals surface area contributed by atoms with Crippen molar-refractivity contribution in [2.24, 2.45) is 0 Å². The smallest absolute Gasteiger partial charge is 0.386 e. The fourth-order valence-corrected chi connectivity index (χ4v) is 7.28. The molecule has 2 saturated heterocycles. The van der Waals surface area contributed by atoms with Gasteiger partial charge in [0, 0.05) is 6.42 Å². The highest BCUT2D eigenvalue weighted by Gasteiger charge is 2.50. The summed E-state index contributed by atoms with van der Waals surface area (Å²) in [5.74, 6) is -0.179. The van der Waals surface area contributed by atoms with Gasteiger partial charge in [0.25, 0.3) is 5.56 Å². The van der Waals surface area contributed by atoms with Crippen molar-refractivity contribution in [2.75, 3.05) is 24.7 Å². The van der Waals surface area contributed by atoms with Gasteiger partial charge in [-0.15, -0.1) is 5.10 Å². The Balaban J connectivity index is 1.20. The maximum Gasteiger partial charge on any atom is 0.386 e. The zero-order chi connectivity index (χ0) is 31.3. The van der Waals surface area contributed by atoms with Crippen molar-refractivity contribution in [1.29, 1.82) is 0 Å². The van der Waals surface area contributed by atoms with Gasteiger partial charge in [0.15, 0.2) is 46.8 Å². The van der Waals surface area contributed by atoms with E-state index < -0.39 is 75.8 Å². The summed E-state index contributed by atoms with van der Waals surface area (Å²) in [5, 5.41) is 17.4. The van der Waals surface area contributed by atoms with E-state index >= 15 is 4.39 Å². The number of aliphatic hydroxyl groups excluding tert-OH is 1. The summed E-state index contributed by atoms with van der Waals surface area (Å²) >= 11 is 7.81. The number of anilines is 2. The predicted octanol–water partition coefficient (Wildman–Crippen LogP) is 0.179. The van der Waals surface area contributed by atoms with Crippen LogP contribution in [0.15, 0.2) is 17.4 Å². The van der Waals surface area contributed by atoms with E-state index in [1.165, 1.54) is 10.9 Å². The van der Waals surface area contributed by atoms with E-state index in [9.17, 15) is 19.0 Å². The third-order valence-electron chi connectivity index (χ3n) is 6.78. The zero-order valence-electron chi connectivity index (χ0n) is 22.0. The van der Waals surface area contributed by atoms with Crippen LogP contribution in [0.1, 0.15) is 18.9 Å². The first kappa shape index (κ1) is 31.3. The summed E-state index contributed by atoms with van der Waals surface area (Å²) in [5.41, 5.74) is 11.0. The average Bonchev–Trinajstić information content (AvgIpc) is 3.73. The fraction of sp³-hybridized carbons (Fsp3) is 0.526. The van der Waals surface area contributed by atoms with E-state index in [1.54, 1.807) is 0 Å². The molecule has 238 valence electrons. The minimum atomic E-state index is -4.29. The number of aliphatic hydroxyl groups is 1. The summed E-state index contributed by atoms with van der Waals surface area (Å²) in [4.78, 5) is 30.5. The Morgan fingerprint density at radius 1 is 1.23 bits per heavy atom. The number of hydrogen-bond acceptors (Lipinski definition) is 17. The van der Waals surface area contributed by atoms with Gasteiger partial charge in [0.2, 0.25) is 13.2 Å². The minimum Gasteiger partial charge on any atom is -0.394 e. The normalized spacial score (nSPS) is 29.4. The Bertz CT molecular complexity index is 1830. The number of thiol groups is 2. The van der Waals surface area contributed by atoms with Gasteiger partial charge in [-0.3, -0.25) is 28.0 Å². The molecule has 0 saturated carbocycles. The molecule has 0 aliphatic carbocycles. The molecule has 0 amide bonds. The zero-order valence-corrected chi connectivity index (χ0v) is 25.7. The third kappa shape index (κ3) is 5.96. The number of hydrogen-bond donors (Lipinski definition) is 6. The molecule has 0 radical (unpaired) electrons. The molecule has 2 aliphatic heterocycles. The first-order valence-electron chi connectivity index (χ1n) is 12.6. The van der Waals surface area contributed by atoms with Crippen LogP contribution in [-0.2, 0) is 32.2 Å². The molecular formula is C19H24FN11O9P2S2. The lowest BCUT2D eigenvalue weighted by Crippen LogP contribution is -2.32. The number of alkyl halides is 1. The van der Waals surface area contributed by atoms with Crippen LogP contribution in [0, 0.1) is 0 Å². The van der Waals surface area contributed by atoms with Crippen molar-refractivity contribution in [3.63, 3.8) is 0 Å². The number of nitrogens with zero attached hydrogens (tertiary/aromatic N) is 8. The fourth-order valence-electron chi connectivity index (χ4n) is 4.91. The van der Waals surface area contributed by atoms with Gasteiger partial charge in [-0.2, -0.15) is 9.67 Å². The van der Waals surface area contributed by atoms with Crippen LogP contribution < -0.4 is 17.0 Å². The highest BCUT2D eigenvalue weighted by atomic mass is 32.7. The first-order valence-corrected chi connectivity index (χ1v) is 17.9. The molecule has 4 aromatic rings. The van der Waals surface area contributed by atoms with Crippen molar-refractivity contribution >= 4 is 72.6 Å². The van der Waals surface area contributed by atoms with Crippen molar-refractivity contribution in [1.82, 2.24) is 44.5 Å². The third-order valence-corrected chi connectivity index (χ3v) is 9.21. The number of aromatic amines is 1. The van der Waals surface area contributed by atoms with Crippen LogP contribution in [0.5, 0.6) is 0 Å². The number of rotatable bonds is 10. The summed E-state index contributed by atoms with van der Waals surface area (Å²) < 4.78 is 71.2. The molecule has 20 nitrogen and oxygen atoms in total. The number of H-pyrrole nitrogens is 1. The second-order valence-electron chi connectivity index (χ2n) is 9.57. The summed E-state index contributed by atoms with van der Waals surface area (Å²) in [7, 11) is -2.99. The Labute approximate surface area is 255 Å². The van der Waals surface area contributed by atoms with Gasteiger partial charge in [0.1, 0.15) is 24.6 Å². The molecule has 9 atom stereocenters. The first-order chi connectivity index (χ1) is 21.0. The maximum absolute atomic E-state index is 15.6. The Morgan fingerprint density at radius 2 is 2.02 bits per heavy atom. The molecule has 6 rings (SSSR count). The van der Waals surface area contributed by atoms with E-state index in [0.29, 0.717) is 0 Å². The van der Waals surface area contributed by atoms with Crippen molar-refractivity contribution < 1.29 is 41.7 Å². The largest absolute Gasteiger partial charge is 0.394 e. The quantitative estimate of drug-likeness (QED) is 0.0953. The van der Waals surface area contributed by atoms with Gasteiger partial charge < -0.3 is 30.6 Å². The van der Waals surface area contributed by atoms with E-state index in [4.69, 9.17) is 34.5 Å². The molecule has 6 N–H and O–H groups in total. The molecule has 0 aromatic carbocycles. The van der Waals surface area contributed by atoms with Crippen LogP contribution in [0.3, 0.4) is 0 Å². The number of imidazole rings is 1. The lowest BCUT2D eigenvalue weighted by molar-refractivity contribution is -0.0538. The topological polar surface area (TPSA) is 273 Å². The van der Waals surface area contributed by atoms with Crippen LogP contribution in [0.4, 0.5) is 16.2 Å². The van der Waals surface area contributed by atoms with Crippen molar-refractivity contribution in [3.8, 4) is 0 Å². The molecule has 25 heteroatoms. The Hall–Kier alpha value is -2.72.